The van der Waals surface area contributed by atoms with Crippen LogP contribution in [0, 0.1) is 0 Å². The smallest absolute Gasteiger partial charge is 0.262 e. The van der Waals surface area contributed by atoms with Gasteiger partial charge in [-0.25, -0.2) is 4.98 Å². The minimum absolute atomic E-state index is 0.130. The summed E-state index contributed by atoms with van der Waals surface area (Å²) < 4.78 is 1.98. The fourth-order valence-corrected chi connectivity index (χ4v) is 6.11. The Labute approximate surface area is 253 Å². The summed E-state index contributed by atoms with van der Waals surface area (Å²) in [6, 6.07) is 11.4. The quantitative estimate of drug-likeness (QED) is 0.135. The van der Waals surface area contributed by atoms with E-state index in [1.807, 2.05) is 48.3 Å². The zero-order valence-corrected chi connectivity index (χ0v) is 25.9. The van der Waals surface area contributed by atoms with Gasteiger partial charge in [0, 0.05) is 54.5 Å². The van der Waals surface area contributed by atoms with Crippen molar-refractivity contribution in [2.24, 2.45) is 7.05 Å². The average molecular weight is 592 g/mol. The molecule has 1 aromatic carbocycles. The number of H-pyrrole nitrogens is 1. The van der Waals surface area contributed by atoms with Gasteiger partial charge in [0.15, 0.2) is 0 Å². The number of aryl methyl sites for hydroxylation is 1. The summed E-state index contributed by atoms with van der Waals surface area (Å²) in [5.74, 6) is 0.625. The molecule has 0 unspecified atom stereocenters. The van der Waals surface area contributed by atoms with Crippen LogP contribution in [0.25, 0.3) is 10.9 Å². The molecule has 4 rings (SSSR count). The third-order valence-corrected chi connectivity index (χ3v) is 8.51. The summed E-state index contributed by atoms with van der Waals surface area (Å²) in [6.07, 6.45) is 10.1. The van der Waals surface area contributed by atoms with Crippen LogP contribution in [0.3, 0.4) is 0 Å². The summed E-state index contributed by atoms with van der Waals surface area (Å²) >= 11 is 1.45. The van der Waals surface area contributed by atoms with E-state index in [4.69, 9.17) is 0 Å². The molecule has 0 saturated heterocycles. The van der Waals surface area contributed by atoms with Crippen LogP contribution in [-0.4, -0.2) is 63.5 Å². The molecule has 0 aliphatic heterocycles. The molecule has 0 aliphatic rings. The molecular weight excluding hydrogens is 546 g/mol. The number of thiophene rings is 1. The Morgan fingerprint density at radius 1 is 1.07 bits per heavy atom. The molecule has 226 valence electrons. The van der Waals surface area contributed by atoms with Crippen molar-refractivity contribution < 1.29 is 9.59 Å². The first-order valence-electron chi connectivity index (χ1n) is 15.1. The van der Waals surface area contributed by atoms with Gasteiger partial charge in [-0.05, 0) is 75.5 Å². The zero-order chi connectivity index (χ0) is 29.7. The second kappa shape index (κ2) is 16.2. The van der Waals surface area contributed by atoms with Crippen LogP contribution >= 0.6 is 11.3 Å². The molecule has 2 amide bonds. The largest absolute Gasteiger partial charge is 0.361 e. The Morgan fingerprint density at radius 2 is 1.88 bits per heavy atom. The van der Waals surface area contributed by atoms with E-state index in [2.05, 4.69) is 56.8 Å². The lowest BCUT2D eigenvalue weighted by Gasteiger charge is -2.23. The summed E-state index contributed by atoms with van der Waals surface area (Å²) in [6.45, 7) is 9.20. The monoisotopic (exact) mass is 591 g/mol. The maximum Gasteiger partial charge on any atom is 0.262 e. The normalized spacial score (nSPS) is 12.2. The lowest BCUT2D eigenvalue weighted by molar-refractivity contribution is -0.123. The van der Waals surface area contributed by atoms with Crippen molar-refractivity contribution in [2.45, 2.75) is 65.1 Å². The van der Waals surface area contributed by atoms with Gasteiger partial charge in [0.2, 0.25) is 5.91 Å². The first kappa shape index (κ1) is 31.5. The number of aromatic amines is 1. The molecule has 10 heteroatoms. The number of carbonyl (C=O) groups excluding carboxylic acids is 2. The van der Waals surface area contributed by atoms with Crippen molar-refractivity contribution >= 4 is 34.1 Å². The highest BCUT2D eigenvalue weighted by Gasteiger charge is 2.22. The Balaban J connectivity index is 1.33. The van der Waals surface area contributed by atoms with E-state index in [0.717, 1.165) is 61.5 Å². The number of aromatic nitrogens is 3. The molecule has 0 aliphatic carbocycles. The van der Waals surface area contributed by atoms with Crippen LogP contribution in [0.2, 0.25) is 0 Å². The molecule has 4 aromatic rings. The number of carbonyl (C=O) groups is 2. The van der Waals surface area contributed by atoms with Crippen LogP contribution in [-0.2, 0) is 31.4 Å². The maximum absolute atomic E-state index is 13.4. The number of nitrogens with one attached hydrogen (secondary N) is 4. The average Bonchev–Trinajstić information content (AvgIpc) is 3.73. The number of benzene rings is 1. The lowest BCUT2D eigenvalue weighted by Crippen LogP contribution is -2.47. The molecule has 3 aromatic heterocycles. The molecule has 0 spiro atoms. The van der Waals surface area contributed by atoms with Crippen LogP contribution in [0.4, 0.5) is 0 Å². The molecule has 0 bridgehead atoms. The van der Waals surface area contributed by atoms with Gasteiger partial charge in [0.25, 0.3) is 5.91 Å². The van der Waals surface area contributed by atoms with Crippen molar-refractivity contribution in [3.05, 3.63) is 76.1 Å². The first-order valence-corrected chi connectivity index (χ1v) is 15.9. The highest BCUT2D eigenvalue weighted by molar-refractivity contribution is 7.14. The number of rotatable bonds is 18. The topological polar surface area (TPSA) is 107 Å². The van der Waals surface area contributed by atoms with Crippen LogP contribution in [0.5, 0.6) is 0 Å². The minimum Gasteiger partial charge on any atom is -0.361 e. The second-order valence-corrected chi connectivity index (χ2v) is 11.9. The number of hydrogen-bond acceptors (Lipinski definition) is 6. The van der Waals surface area contributed by atoms with E-state index in [1.54, 1.807) is 6.20 Å². The van der Waals surface area contributed by atoms with Crippen molar-refractivity contribution in [1.82, 2.24) is 35.4 Å². The van der Waals surface area contributed by atoms with Crippen molar-refractivity contribution in [1.29, 1.82) is 0 Å². The van der Waals surface area contributed by atoms with Gasteiger partial charge in [0.1, 0.15) is 11.9 Å². The Hall–Kier alpha value is -3.47. The van der Waals surface area contributed by atoms with Crippen molar-refractivity contribution in [3.8, 4) is 0 Å². The Bertz CT molecular complexity index is 1400. The lowest BCUT2D eigenvalue weighted by atomic mass is 10.1. The standard InChI is InChI=1S/C32H45N7O2S/c1-4-17-39(18-5-2)19-8-11-28(31(40)35-15-14-24-21-36-27-10-7-6-9-26(24)27)37-32(41)29-13-12-25(42-29)22-33-23-30-34-16-20-38(30)3/h6-7,9-10,12-13,16,20-21,28,33,36H,4-5,8,11,14-15,17-19,22-23H2,1-3H3,(H,35,40)(H,37,41)/t28-/m0/s1. The number of fused-ring (bicyclic) bond motifs is 1. The zero-order valence-electron chi connectivity index (χ0n) is 25.1. The van der Waals surface area contributed by atoms with E-state index < -0.39 is 6.04 Å². The highest BCUT2D eigenvalue weighted by Crippen LogP contribution is 2.19. The number of hydrogen-bond donors (Lipinski definition) is 4. The third-order valence-electron chi connectivity index (χ3n) is 7.43. The SMILES string of the molecule is CCCN(CCC)CCC[C@H](NC(=O)c1ccc(CNCc2nccn2C)s1)C(=O)NCCc1c[nH]c2ccccc12. The van der Waals surface area contributed by atoms with Gasteiger partial charge in [-0.15, -0.1) is 11.3 Å². The fourth-order valence-electron chi connectivity index (χ4n) is 5.23. The van der Waals surface area contributed by atoms with Gasteiger partial charge in [-0.3, -0.25) is 9.59 Å². The predicted molar refractivity (Wildman–Crippen MR) is 171 cm³/mol. The third kappa shape index (κ3) is 9.01. The van der Waals surface area contributed by atoms with E-state index >= 15 is 0 Å². The summed E-state index contributed by atoms with van der Waals surface area (Å²) in [5.41, 5.74) is 2.26. The van der Waals surface area contributed by atoms with E-state index in [9.17, 15) is 9.59 Å². The fraction of sp³-hybridized carbons (Fsp3) is 0.469. The van der Waals surface area contributed by atoms with Gasteiger partial charge in [-0.1, -0.05) is 32.0 Å². The molecular formula is C32H45N7O2S. The number of para-hydroxylation sites is 1. The molecule has 4 N–H and O–H groups in total. The number of amides is 2. The molecule has 9 nitrogen and oxygen atoms in total. The first-order chi connectivity index (χ1) is 20.5. The van der Waals surface area contributed by atoms with Crippen LogP contribution in [0.15, 0.2) is 55.0 Å². The van der Waals surface area contributed by atoms with E-state index in [1.165, 1.54) is 22.3 Å². The minimum atomic E-state index is -0.585. The summed E-state index contributed by atoms with van der Waals surface area (Å²) in [4.78, 5) is 38.3. The van der Waals surface area contributed by atoms with Crippen molar-refractivity contribution in [2.75, 3.05) is 26.2 Å². The van der Waals surface area contributed by atoms with Crippen molar-refractivity contribution in [3.63, 3.8) is 0 Å². The summed E-state index contributed by atoms with van der Waals surface area (Å²) in [7, 11) is 1.97. The predicted octanol–water partition coefficient (Wildman–Crippen LogP) is 4.61. The Morgan fingerprint density at radius 3 is 2.64 bits per heavy atom. The molecule has 1 atom stereocenters. The van der Waals surface area contributed by atoms with Gasteiger partial charge in [-0.2, -0.15) is 0 Å². The molecule has 0 saturated carbocycles. The molecule has 0 radical (unpaired) electrons. The van der Waals surface area contributed by atoms with Gasteiger partial charge < -0.3 is 30.4 Å². The van der Waals surface area contributed by atoms with E-state index in [-0.39, 0.29) is 11.8 Å². The molecule has 0 fully saturated rings. The van der Waals surface area contributed by atoms with Crippen LogP contribution in [0.1, 0.15) is 65.5 Å². The Kier molecular flexibility index (Phi) is 12.2. The second-order valence-electron chi connectivity index (χ2n) is 10.7. The maximum atomic E-state index is 13.4. The molecule has 3 heterocycles. The van der Waals surface area contributed by atoms with E-state index in [0.29, 0.717) is 30.9 Å². The van der Waals surface area contributed by atoms with Crippen LogP contribution < -0.4 is 16.0 Å². The number of imidazole rings is 1. The number of nitrogens with zero attached hydrogens (tertiary/aromatic N) is 3. The highest BCUT2D eigenvalue weighted by atomic mass is 32.1. The van der Waals surface area contributed by atoms with Gasteiger partial charge >= 0.3 is 0 Å². The molecule has 42 heavy (non-hydrogen) atoms. The summed E-state index contributed by atoms with van der Waals surface area (Å²) in [5, 5.41) is 10.7. The van der Waals surface area contributed by atoms with Gasteiger partial charge in [0.05, 0.1) is 11.4 Å².